The Morgan fingerprint density at radius 3 is 2.56 bits per heavy atom. The fourth-order valence-corrected chi connectivity index (χ4v) is 3.89. The van der Waals surface area contributed by atoms with Gasteiger partial charge < -0.3 is 4.74 Å². The van der Waals surface area contributed by atoms with Gasteiger partial charge in [-0.3, -0.25) is 9.69 Å². The summed E-state index contributed by atoms with van der Waals surface area (Å²) in [7, 11) is 1.30. The van der Waals surface area contributed by atoms with Gasteiger partial charge in [0.2, 0.25) is 0 Å². The predicted molar refractivity (Wildman–Crippen MR) is 108 cm³/mol. The van der Waals surface area contributed by atoms with Crippen molar-refractivity contribution in [1.29, 1.82) is 0 Å². The molecular formula is C18H12BrNO3S2. The Morgan fingerprint density at radius 1 is 1.20 bits per heavy atom. The van der Waals surface area contributed by atoms with Crippen molar-refractivity contribution in [3.8, 4) is 0 Å². The number of rotatable bonds is 3. The van der Waals surface area contributed by atoms with Gasteiger partial charge in [-0.1, -0.05) is 64.2 Å². The SMILES string of the molecule is COC(=O)c1ccccc1N1C(=O)/C(=C/c2ccc(Br)cc2)SC1=S. The minimum atomic E-state index is -0.512. The molecule has 1 aliphatic rings. The Kier molecular flexibility index (Phi) is 5.36. The Morgan fingerprint density at radius 2 is 1.88 bits per heavy atom. The maximum atomic E-state index is 12.8. The van der Waals surface area contributed by atoms with Crippen LogP contribution in [0.5, 0.6) is 0 Å². The molecule has 1 fully saturated rings. The number of nitrogens with zero attached hydrogens (tertiary/aromatic N) is 1. The lowest BCUT2D eigenvalue weighted by Gasteiger charge is -2.17. The number of carbonyl (C=O) groups excluding carboxylic acids is 2. The second kappa shape index (κ2) is 7.51. The molecule has 0 saturated carbocycles. The van der Waals surface area contributed by atoms with Crippen LogP contribution in [0.1, 0.15) is 15.9 Å². The topological polar surface area (TPSA) is 46.6 Å². The molecule has 1 aliphatic heterocycles. The molecule has 0 spiro atoms. The van der Waals surface area contributed by atoms with E-state index in [1.807, 2.05) is 24.3 Å². The summed E-state index contributed by atoms with van der Waals surface area (Å²) in [6.07, 6.45) is 1.78. The molecule has 3 rings (SSSR count). The first kappa shape index (κ1) is 17.8. The molecule has 4 nitrogen and oxygen atoms in total. The standard InChI is InChI=1S/C18H12BrNO3S2/c1-23-17(22)13-4-2-3-5-14(13)20-16(21)15(25-18(20)24)10-11-6-8-12(19)9-7-11/h2-10H,1H3/b15-10-. The van der Waals surface area contributed by atoms with Crippen LogP contribution in [0.2, 0.25) is 0 Å². The van der Waals surface area contributed by atoms with E-state index in [2.05, 4.69) is 15.9 Å². The number of esters is 1. The van der Waals surface area contributed by atoms with Gasteiger partial charge in [-0.2, -0.15) is 0 Å². The summed E-state index contributed by atoms with van der Waals surface area (Å²) in [5.41, 5.74) is 1.62. The molecule has 1 amide bonds. The lowest BCUT2D eigenvalue weighted by molar-refractivity contribution is -0.113. The van der Waals surface area contributed by atoms with Gasteiger partial charge in [-0.05, 0) is 35.9 Å². The number of thioether (sulfide) groups is 1. The molecule has 1 heterocycles. The molecule has 2 aromatic rings. The highest BCUT2D eigenvalue weighted by molar-refractivity contribution is 9.10. The molecule has 0 unspecified atom stereocenters. The molecular weight excluding hydrogens is 422 g/mol. The Balaban J connectivity index is 1.98. The van der Waals surface area contributed by atoms with E-state index in [1.54, 1.807) is 30.3 Å². The monoisotopic (exact) mass is 433 g/mol. The van der Waals surface area contributed by atoms with Crippen LogP contribution in [0.3, 0.4) is 0 Å². The van der Waals surface area contributed by atoms with Crippen LogP contribution in [-0.4, -0.2) is 23.3 Å². The number of benzene rings is 2. The van der Waals surface area contributed by atoms with Crippen LogP contribution in [0, 0.1) is 0 Å². The lowest BCUT2D eigenvalue weighted by Crippen LogP contribution is -2.29. The molecule has 25 heavy (non-hydrogen) atoms. The molecule has 0 radical (unpaired) electrons. The summed E-state index contributed by atoms with van der Waals surface area (Å²) in [6, 6.07) is 14.4. The van der Waals surface area contributed by atoms with Gasteiger partial charge in [0.15, 0.2) is 4.32 Å². The second-order valence-corrected chi connectivity index (χ2v) is 7.67. The maximum absolute atomic E-state index is 12.8. The van der Waals surface area contributed by atoms with Gasteiger partial charge in [0.05, 0.1) is 23.3 Å². The number of halogens is 1. The van der Waals surface area contributed by atoms with Gasteiger partial charge >= 0.3 is 5.97 Å². The average molecular weight is 434 g/mol. The minimum Gasteiger partial charge on any atom is -0.465 e. The number of para-hydroxylation sites is 1. The Hall–Kier alpha value is -1.96. The van der Waals surface area contributed by atoms with Crippen molar-refractivity contribution >= 4 is 67.9 Å². The van der Waals surface area contributed by atoms with Crippen molar-refractivity contribution < 1.29 is 14.3 Å². The number of hydrogen-bond donors (Lipinski definition) is 0. The van der Waals surface area contributed by atoms with Gasteiger partial charge in [0, 0.05) is 4.47 Å². The summed E-state index contributed by atoms with van der Waals surface area (Å²) < 4.78 is 6.14. The van der Waals surface area contributed by atoms with Crippen molar-refractivity contribution in [1.82, 2.24) is 0 Å². The zero-order chi connectivity index (χ0) is 18.0. The van der Waals surface area contributed by atoms with Crippen LogP contribution in [0.25, 0.3) is 6.08 Å². The summed E-state index contributed by atoms with van der Waals surface area (Å²) in [6.45, 7) is 0. The van der Waals surface area contributed by atoms with E-state index in [9.17, 15) is 9.59 Å². The fraction of sp³-hybridized carbons (Fsp3) is 0.0556. The minimum absolute atomic E-state index is 0.255. The zero-order valence-corrected chi connectivity index (χ0v) is 16.3. The van der Waals surface area contributed by atoms with E-state index < -0.39 is 5.97 Å². The van der Waals surface area contributed by atoms with Gasteiger partial charge in [-0.15, -0.1) is 0 Å². The highest BCUT2D eigenvalue weighted by Crippen LogP contribution is 2.37. The van der Waals surface area contributed by atoms with Crippen LogP contribution >= 0.6 is 39.9 Å². The number of carbonyl (C=O) groups is 2. The molecule has 126 valence electrons. The van der Waals surface area contributed by atoms with Gasteiger partial charge in [0.25, 0.3) is 5.91 Å². The molecule has 1 saturated heterocycles. The largest absolute Gasteiger partial charge is 0.465 e. The third-order valence-corrected chi connectivity index (χ3v) is 5.34. The lowest BCUT2D eigenvalue weighted by atomic mass is 10.1. The summed E-state index contributed by atoms with van der Waals surface area (Å²) in [4.78, 5) is 26.7. The van der Waals surface area contributed by atoms with E-state index in [0.29, 0.717) is 20.5 Å². The van der Waals surface area contributed by atoms with Crippen molar-refractivity contribution in [3.63, 3.8) is 0 Å². The number of ether oxygens (including phenoxy) is 1. The summed E-state index contributed by atoms with van der Waals surface area (Å²) >= 11 is 9.95. The molecule has 7 heteroatoms. The Bertz CT molecular complexity index is 893. The van der Waals surface area contributed by atoms with E-state index in [0.717, 1.165) is 10.0 Å². The van der Waals surface area contributed by atoms with E-state index in [4.69, 9.17) is 17.0 Å². The van der Waals surface area contributed by atoms with Crippen LogP contribution in [0.15, 0.2) is 57.9 Å². The fourth-order valence-electron chi connectivity index (χ4n) is 2.34. The van der Waals surface area contributed by atoms with Crippen molar-refractivity contribution in [2.45, 2.75) is 0 Å². The zero-order valence-electron chi connectivity index (χ0n) is 13.1. The molecule has 0 bridgehead atoms. The average Bonchev–Trinajstić information content (AvgIpc) is 2.89. The van der Waals surface area contributed by atoms with E-state index >= 15 is 0 Å². The third kappa shape index (κ3) is 3.68. The highest BCUT2D eigenvalue weighted by atomic mass is 79.9. The molecule has 2 aromatic carbocycles. The first-order valence-corrected chi connectivity index (χ1v) is 9.24. The van der Waals surface area contributed by atoms with Crippen molar-refractivity contribution in [2.75, 3.05) is 12.0 Å². The number of amides is 1. The molecule has 0 aliphatic carbocycles. The summed E-state index contributed by atoms with van der Waals surface area (Å²) in [5.74, 6) is -0.768. The normalized spacial score (nSPS) is 15.8. The smallest absolute Gasteiger partial charge is 0.339 e. The molecule has 0 aromatic heterocycles. The molecule has 0 N–H and O–H groups in total. The maximum Gasteiger partial charge on any atom is 0.339 e. The first-order chi connectivity index (χ1) is 12.0. The Labute approximate surface area is 163 Å². The highest BCUT2D eigenvalue weighted by Gasteiger charge is 2.35. The number of hydrogen-bond acceptors (Lipinski definition) is 5. The van der Waals surface area contributed by atoms with Gasteiger partial charge in [0.1, 0.15) is 0 Å². The van der Waals surface area contributed by atoms with Gasteiger partial charge in [-0.25, -0.2) is 4.79 Å². The number of methoxy groups -OCH3 is 1. The predicted octanol–water partition coefficient (Wildman–Crippen LogP) is 4.64. The van der Waals surface area contributed by atoms with Crippen molar-refractivity contribution in [2.24, 2.45) is 0 Å². The van der Waals surface area contributed by atoms with Crippen molar-refractivity contribution in [3.05, 3.63) is 69.0 Å². The van der Waals surface area contributed by atoms with Crippen LogP contribution in [-0.2, 0) is 9.53 Å². The quantitative estimate of drug-likeness (QED) is 0.400. The second-order valence-electron chi connectivity index (χ2n) is 5.08. The third-order valence-electron chi connectivity index (χ3n) is 3.51. The number of anilines is 1. The first-order valence-electron chi connectivity index (χ1n) is 7.22. The van der Waals surface area contributed by atoms with E-state index in [1.165, 1.54) is 23.8 Å². The number of thiocarbonyl (C=S) groups is 1. The van der Waals surface area contributed by atoms with Crippen LogP contribution in [0.4, 0.5) is 5.69 Å². The van der Waals surface area contributed by atoms with Crippen LogP contribution < -0.4 is 4.90 Å². The summed E-state index contributed by atoms with van der Waals surface area (Å²) in [5, 5.41) is 0. The molecule has 0 atom stereocenters. The van der Waals surface area contributed by atoms with E-state index in [-0.39, 0.29) is 5.91 Å².